The first-order valence-electron chi connectivity index (χ1n) is 9.62. The predicted molar refractivity (Wildman–Crippen MR) is 108 cm³/mol. The Hall–Kier alpha value is -2.63. The van der Waals surface area contributed by atoms with E-state index < -0.39 is 0 Å². The molecule has 0 radical (unpaired) electrons. The Morgan fingerprint density at radius 1 is 1.33 bits per heavy atom. The predicted octanol–water partition coefficient (Wildman–Crippen LogP) is 3.18. The fourth-order valence-electron chi connectivity index (χ4n) is 3.60. The molecule has 0 saturated carbocycles. The summed E-state index contributed by atoms with van der Waals surface area (Å²) >= 11 is 0. The number of aryl methyl sites for hydroxylation is 1. The van der Waals surface area contributed by atoms with E-state index in [0.29, 0.717) is 19.0 Å². The van der Waals surface area contributed by atoms with E-state index >= 15 is 0 Å². The molecule has 146 valence electrons. The van der Waals surface area contributed by atoms with Gasteiger partial charge in [-0.15, -0.1) is 0 Å². The van der Waals surface area contributed by atoms with Crippen LogP contribution in [0.3, 0.4) is 0 Å². The number of aromatic nitrogens is 1. The Labute approximate surface area is 161 Å². The quantitative estimate of drug-likeness (QED) is 0.814. The zero-order chi connectivity index (χ0) is 19.2. The average Bonchev–Trinajstić information content (AvgIpc) is 3.35. The number of nitrogens with zero attached hydrogens (tertiary/aromatic N) is 3. The molecule has 1 atom stereocenters. The molecule has 1 fully saturated rings. The lowest BCUT2D eigenvalue weighted by Crippen LogP contribution is -2.39. The molecule has 1 aliphatic rings. The normalized spacial score (nSPS) is 16.4. The summed E-state index contributed by atoms with van der Waals surface area (Å²) in [7, 11) is 3.55. The SMILES string of the molecule is CCn1ccc(CN(C)C(=O)NC[C@H]2CCN(c3ccccc3OC)C2)c1. The second-order valence-corrected chi connectivity index (χ2v) is 7.16. The molecule has 1 aromatic carbocycles. The number of carbonyl (C=O) groups is 1. The van der Waals surface area contributed by atoms with Crippen LogP contribution in [0.1, 0.15) is 18.9 Å². The van der Waals surface area contributed by atoms with Gasteiger partial charge < -0.3 is 24.4 Å². The molecule has 0 aliphatic carbocycles. The second kappa shape index (κ2) is 8.84. The molecule has 1 aliphatic heterocycles. The van der Waals surface area contributed by atoms with E-state index in [1.54, 1.807) is 12.0 Å². The van der Waals surface area contributed by atoms with E-state index in [-0.39, 0.29) is 6.03 Å². The van der Waals surface area contributed by atoms with Crippen LogP contribution in [-0.2, 0) is 13.1 Å². The van der Waals surface area contributed by atoms with Gasteiger partial charge in [0.1, 0.15) is 5.75 Å². The highest BCUT2D eigenvalue weighted by atomic mass is 16.5. The summed E-state index contributed by atoms with van der Waals surface area (Å²) in [5.41, 5.74) is 2.28. The molecule has 27 heavy (non-hydrogen) atoms. The van der Waals surface area contributed by atoms with Gasteiger partial charge >= 0.3 is 6.03 Å². The monoisotopic (exact) mass is 370 g/mol. The lowest BCUT2D eigenvalue weighted by Gasteiger charge is -2.22. The van der Waals surface area contributed by atoms with E-state index in [9.17, 15) is 4.79 Å². The van der Waals surface area contributed by atoms with Crippen molar-refractivity contribution in [3.63, 3.8) is 0 Å². The molecule has 2 amide bonds. The van der Waals surface area contributed by atoms with E-state index in [1.165, 1.54) is 0 Å². The number of rotatable bonds is 7. The van der Waals surface area contributed by atoms with Crippen LogP contribution in [0.2, 0.25) is 0 Å². The third kappa shape index (κ3) is 4.76. The maximum absolute atomic E-state index is 12.4. The summed E-state index contributed by atoms with van der Waals surface area (Å²) in [6.07, 6.45) is 5.21. The fourth-order valence-corrected chi connectivity index (χ4v) is 3.60. The number of hydrogen-bond donors (Lipinski definition) is 1. The highest BCUT2D eigenvalue weighted by Gasteiger charge is 2.25. The van der Waals surface area contributed by atoms with Crippen LogP contribution in [0.15, 0.2) is 42.7 Å². The van der Waals surface area contributed by atoms with E-state index in [1.807, 2.05) is 31.4 Å². The first-order valence-corrected chi connectivity index (χ1v) is 9.62. The summed E-state index contributed by atoms with van der Waals surface area (Å²) in [6, 6.07) is 10.2. The summed E-state index contributed by atoms with van der Waals surface area (Å²) in [5.74, 6) is 1.36. The second-order valence-electron chi connectivity index (χ2n) is 7.16. The highest BCUT2D eigenvalue weighted by molar-refractivity contribution is 5.73. The average molecular weight is 370 g/mol. The van der Waals surface area contributed by atoms with Crippen molar-refractivity contribution in [2.75, 3.05) is 38.7 Å². The summed E-state index contributed by atoms with van der Waals surface area (Å²) < 4.78 is 7.59. The van der Waals surface area contributed by atoms with Crippen LogP contribution < -0.4 is 15.0 Å². The van der Waals surface area contributed by atoms with Gasteiger partial charge in [0.05, 0.1) is 12.8 Å². The maximum atomic E-state index is 12.4. The molecule has 6 nitrogen and oxygen atoms in total. The third-order valence-corrected chi connectivity index (χ3v) is 5.20. The lowest BCUT2D eigenvalue weighted by atomic mass is 10.1. The molecule has 0 spiro atoms. The topological polar surface area (TPSA) is 49.7 Å². The zero-order valence-electron chi connectivity index (χ0n) is 16.5. The smallest absolute Gasteiger partial charge is 0.317 e. The fraction of sp³-hybridized carbons (Fsp3) is 0.476. The highest BCUT2D eigenvalue weighted by Crippen LogP contribution is 2.31. The summed E-state index contributed by atoms with van der Waals surface area (Å²) in [5, 5.41) is 3.09. The van der Waals surface area contributed by atoms with Gasteiger partial charge in [-0.1, -0.05) is 12.1 Å². The Morgan fingerprint density at radius 3 is 2.89 bits per heavy atom. The Balaban J connectivity index is 1.46. The first-order chi connectivity index (χ1) is 13.1. The van der Waals surface area contributed by atoms with Crippen LogP contribution in [0, 0.1) is 5.92 Å². The van der Waals surface area contributed by atoms with Gasteiger partial charge in [-0.25, -0.2) is 4.79 Å². The van der Waals surface area contributed by atoms with Crippen LogP contribution in [0.25, 0.3) is 0 Å². The summed E-state index contributed by atoms with van der Waals surface area (Å²) in [6.45, 7) is 6.29. The van der Waals surface area contributed by atoms with Crippen LogP contribution in [0.4, 0.5) is 10.5 Å². The van der Waals surface area contributed by atoms with Gasteiger partial charge in [0, 0.05) is 52.2 Å². The number of urea groups is 1. The van der Waals surface area contributed by atoms with Crippen molar-refractivity contribution in [1.29, 1.82) is 0 Å². The minimum absolute atomic E-state index is 0.0185. The van der Waals surface area contributed by atoms with Crippen molar-refractivity contribution in [2.24, 2.45) is 5.92 Å². The molecule has 1 aromatic heterocycles. The van der Waals surface area contributed by atoms with Crippen molar-refractivity contribution in [3.05, 3.63) is 48.3 Å². The number of para-hydroxylation sites is 2. The van der Waals surface area contributed by atoms with E-state index in [4.69, 9.17) is 4.74 Å². The molecule has 3 rings (SSSR count). The van der Waals surface area contributed by atoms with Crippen molar-refractivity contribution in [2.45, 2.75) is 26.4 Å². The van der Waals surface area contributed by atoms with Gasteiger partial charge in [-0.2, -0.15) is 0 Å². The largest absolute Gasteiger partial charge is 0.495 e. The van der Waals surface area contributed by atoms with Gasteiger partial charge in [0.2, 0.25) is 0 Å². The van der Waals surface area contributed by atoms with Crippen LogP contribution >= 0.6 is 0 Å². The van der Waals surface area contributed by atoms with Gasteiger partial charge in [-0.3, -0.25) is 0 Å². The van der Waals surface area contributed by atoms with Crippen LogP contribution in [0.5, 0.6) is 5.75 Å². The van der Waals surface area contributed by atoms with Crippen molar-refractivity contribution in [1.82, 2.24) is 14.8 Å². The Morgan fingerprint density at radius 2 is 2.15 bits per heavy atom. The first kappa shape index (κ1) is 19.1. The minimum atomic E-state index is -0.0185. The van der Waals surface area contributed by atoms with Crippen LogP contribution in [-0.4, -0.2) is 49.3 Å². The number of ether oxygens (including phenoxy) is 1. The molecular formula is C21H30N4O2. The van der Waals surface area contributed by atoms with Crippen molar-refractivity contribution < 1.29 is 9.53 Å². The Kier molecular flexibility index (Phi) is 6.27. The lowest BCUT2D eigenvalue weighted by molar-refractivity contribution is 0.205. The standard InChI is InChI=1S/C21H30N4O2/c1-4-24-11-9-18(15-24)14-23(2)21(26)22-13-17-10-12-25(16-17)19-7-5-6-8-20(19)27-3/h5-9,11,15,17H,4,10,12-14,16H2,1-3H3,(H,22,26)/t17-/m1/s1. The number of nitrogens with one attached hydrogen (secondary N) is 1. The van der Waals surface area contributed by atoms with E-state index in [2.05, 4.69) is 40.0 Å². The summed E-state index contributed by atoms with van der Waals surface area (Å²) in [4.78, 5) is 16.5. The van der Waals surface area contributed by atoms with Gasteiger partial charge in [0.25, 0.3) is 0 Å². The number of anilines is 1. The molecule has 1 N–H and O–H groups in total. The minimum Gasteiger partial charge on any atom is -0.495 e. The number of methoxy groups -OCH3 is 1. The van der Waals surface area contributed by atoms with Gasteiger partial charge in [-0.05, 0) is 43.0 Å². The molecule has 1 saturated heterocycles. The number of benzene rings is 1. The molecule has 2 aromatic rings. The van der Waals surface area contributed by atoms with Gasteiger partial charge in [0.15, 0.2) is 0 Å². The molecule has 2 heterocycles. The maximum Gasteiger partial charge on any atom is 0.317 e. The van der Waals surface area contributed by atoms with Crippen molar-refractivity contribution in [3.8, 4) is 5.75 Å². The number of amides is 2. The van der Waals surface area contributed by atoms with E-state index in [0.717, 1.165) is 43.1 Å². The third-order valence-electron chi connectivity index (χ3n) is 5.20. The van der Waals surface area contributed by atoms with Crippen molar-refractivity contribution >= 4 is 11.7 Å². The number of carbonyl (C=O) groups excluding carboxylic acids is 1. The number of hydrogen-bond acceptors (Lipinski definition) is 3. The Bertz CT molecular complexity index is 758. The molecular weight excluding hydrogens is 340 g/mol. The molecule has 0 bridgehead atoms. The molecule has 6 heteroatoms. The zero-order valence-corrected chi connectivity index (χ0v) is 16.5. The molecule has 0 unspecified atom stereocenters.